The van der Waals surface area contributed by atoms with Crippen LogP contribution in [-0.2, 0) is 26.2 Å². The molecule has 8 nitrogen and oxygen atoms in total. The van der Waals surface area contributed by atoms with Crippen LogP contribution in [0.25, 0.3) is 0 Å². The van der Waals surface area contributed by atoms with Gasteiger partial charge < -0.3 is 14.8 Å². The van der Waals surface area contributed by atoms with E-state index >= 15 is 0 Å². The van der Waals surface area contributed by atoms with Gasteiger partial charge in [0, 0.05) is 12.2 Å². The van der Waals surface area contributed by atoms with Gasteiger partial charge >= 0.3 is 5.97 Å². The average Bonchev–Trinajstić information content (AvgIpc) is 2.83. The fourth-order valence-electron chi connectivity index (χ4n) is 2.83. The minimum atomic E-state index is -3.96. The lowest BCUT2D eigenvalue weighted by Gasteiger charge is -2.11. The van der Waals surface area contributed by atoms with Crippen molar-refractivity contribution >= 4 is 27.6 Å². The van der Waals surface area contributed by atoms with Crippen molar-refractivity contribution in [3.63, 3.8) is 0 Å². The van der Waals surface area contributed by atoms with Crippen LogP contribution in [0.15, 0.2) is 83.8 Å². The van der Waals surface area contributed by atoms with Gasteiger partial charge in [-0.2, -0.15) is 0 Å². The topological polar surface area (TPSA) is 111 Å². The normalized spacial score (nSPS) is 10.8. The first-order valence-electron chi connectivity index (χ1n) is 10.2. The highest BCUT2D eigenvalue weighted by molar-refractivity contribution is 7.92. The zero-order valence-corrected chi connectivity index (χ0v) is 18.8. The maximum absolute atomic E-state index is 12.8. The summed E-state index contributed by atoms with van der Waals surface area (Å²) >= 11 is 0. The zero-order chi connectivity index (χ0) is 23.7. The van der Waals surface area contributed by atoms with Gasteiger partial charge in [0.2, 0.25) is 0 Å². The largest absolute Gasteiger partial charge is 0.489 e. The maximum atomic E-state index is 12.8. The fourth-order valence-corrected chi connectivity index (χ4v) is 3.93. The van der Waals surface area contributed by atoms with Gasteiger partial charge in [-0.3, -0.25) is 9.52 Å². The molecule has 0 unspecified atom stereocenters. The van der Waals surface area contributed by atoms with Gasteiger partial charge in [-0.05, 0) is 55.0 Å². The molecule has 3 aromatic carbocycles. The molecule has 33 heavy (non-hydrogen) atoms. The number of esters is 1. The van der Waals surface area contributed by atoms with Gasteiger partial charge in [0.25, 0.3) is 15.9 Å². The molecule has 0 saturated heterocycles. The van der Waals surface area contributed by atoms with E-state index in [1.807, 2.05) is 30.3 Å². The average molecular weight is 469 g/mol. The number of ether oxygens (including phenoxy) is 2. The zero-order valence-electron chi connectivity index (χ0n) is 18.0. The molecule has 172 valence electrons. The van der Waals surface area contributed by atoms with Crippen molar-refractivity contribution in [2.75, 3.05) is 17.9 Å². The molecule has 0 saturated carbocycles. The van der Waals surface area contributed by atoms with E-state index in [2.05, 4.69) is 10.0 Å². The van der Waals surface area contributed by atoms with E-state index in [-0.39, 0.29) is 10.5 Å². The second kappa shape index (κ2) is 11.1. The Morgan fingerprint density at radius 2 is 1.64 bits per heavy atom. The summed E-state index contributed by atoms with van der Waals surface area (Å²) in [7, 11) is -3.96. The van der Waals surface area contributed by atoms with Gasteiger partial charge in [0.1, 0.15) is 12.4 Å². The minimum Gasteiger partial charge on any atom is -0.489 e. The molecule has 0 fully saturated rings. The van der Waals surface area contributed by atoms with E-state index < -0.39 is 28.5 Å². The van der Waals surface area contributed by atoms with E-state index in [4.69, 9.17) is 9.47 Å². The van der Waals surface area contributed by atoms with Crippen molar-refractivity contribution in [1.29, 1.82) is 0 Å². The molecule has 0 aliphatic carbocycles. The van der Waals surface area contributed by atoms with Crippen molar-refractivity contribution in [3.05, 3.63) is 90.0 Å². The van der Waals surface area contributed by atoms with E-state index in [0.717, 1.165) is 5.56 Å². The highest BCUT2D eigenvalue weighted by Crippen LogP contribution is 2.21. The second-order valence-corrected chi connectivity index (χ2v) is 8.64. The SMILES string of the molecule is CCNC(=O)COC(=O)c1cccc(S(=O)(=O)Nc2ccc(OCc3ccccc3)cc2)c1. The molecule has 0 atom stereocenters. The molecule has 0 aliphatic heterocycles. The van der Waals surface area contributed by atoms with Crippen molar-refractivity contribution in [1.82, 2.24) is 5.32 Å². The fraction of sp³-hybridized carbons (Fsp3) is 0.167. The Balaban J connectivity index is 1.62. The smallest absolute Gasteiger partial charge is 0.338 e. The highest BCUT2D eigenvalue weighted by atomic mass is 32.2. The Bertz CT molecular complexity index is 1200. The highest BCUT2D eigenvalue weighted by Gasteiger charge is 2.18. The molecular formula is C24H24N2O6S. The Morgan fingerprint density at radius 1 is 0.909 bits per heavy atom. The lowest BCUT2D eigenvalue weighted by atomic mass is 10.2. The van der Waals surface area contributed by atoms with Crippen molar-refractivity contribution in [2.45, 2.75) is 18.4 Å². The number of anilines is 1. The summed E-state index contributed by atoms with van der Waals surface area (Å²) in [5.41, 5.74) is 1.38. The number of carbonyl (C=O) groups is 2. The van der Waals surface area contributed by atoms with Gasteiger partial charge in [-0.15, -0.1) is 0 Å². The summed E-state index contributed by atoms with van der Waals surface area (Å²) in [6, 6.07) is 21.6. The quantitative estimate of drug-likeness (QED) is 0.442. The molecule has 2 N–H and O–H groups in total. The molecule has 0 radical (unpaired) electrons. The standard InChI is InChI=1S/C24H24N2O6S/c1-2-25-23(27)17-32-24(28)19-9-6-10-22(15-19)33(29,30)26-20-11-13-21(14-12-20)31-16-18-7-4-3-5-8-18/h3-15,26H,2,16-17H2,1H3,(H,25,27). The molecule has 3 aromatic rings. The number of nitrogens with one attached hydrogen (secondary N) is 2. The molecule has 0 spiro atoms. The lowest BCUT2D eigenvalue weighted by Crippen LogP contribution is -2.28. The van der Waals surface area contributed by atoms with Gasteiger partial charge in [-0.25, -0.2) is 13.2 Å². The third kappa shape index (κ3) is 7.08. The van der Waals surface area contributed by atoms with Crippen LogP contribution in [0.1, 0.15) is 22.8 Å². The number of rotatable bonds is 10. The first-order chi connectivity index (χ1) is 15.9. The summed E-state index contributed by atoms with van der Waals surface area (Å²) in [5, 5.41) is 2.50. The van der Waals surface area contributed by atoms with Crippen LogP contribution < -0.4 is 14.8 Å². The van der Waals surface area contributed by atoms with Crippen LogP contribution in [0.4, 0.5) is 5.69 Å². The molecule has 0 heterocycles. The third-order valence-corrected chi connectivity index (χ3v) is 5.82. The first kappa shape index (κ1) is 23.8. The molecule has 0 aromatic heterocycles. The summed E-state index contributed by atoms with van der Waals surface area (Å²) in [4.78, 5) is 23.5. The summed E-state index contributed by atoms with van der Waals surface area (Å²) in [6.45, 7) is 2.11. The monoisotopic (exact) mass is 468 g/mol. The number of hydrogen-bond donors (Lipinski definition) is 2. The molecule has 0 bridgehead atoms. The number of likely N-dealkylation sites (N-methyl/N-ethyl adjacent to an activating group) is 1. The second-order valence-electron chi connectivity index (χ2n) is 6.96. The molecular weight excluding hydrogens is 444 g/mol. The van der Waals surface area contributed by atoms with E-state index in [0.29, 0.717) is 24.6 Å². The Morgan fingerprint density at radius 3 is 2.33 bits per heavy atom. The molecule has 9 heteroatoms. The van der Waals surface area contributed by atoms with E-state index in [1.165, 1.54) is 24.3 Å². The predicted octanol–water partition coefficient (Wildman–Crippen LogP) is 3.36. The number of amides is 1. The van der Waals surface area contributed by atoms with E-state index in [1.54, 1.807) is 31.2 Å². The lowest BCUT2D eigenvalue weighted by molar-refractivity contribution is -0.124. The Labute approximate surface area is 192 Å². The third-order valence-electron chi connectivity index (χ3n) is 4.44. The van der Waals surface area contributed by atoms with Crippen molar-refractivity contribution in [2.24, 2.45) is 0 Å². The maximum Gasteiger partial charge on any atom is 0.338 e. The number of sulfonamides is 1. The molecule has 1 amide bonds. The molecule has 3 rings (SSSR count). The van der Waals surface area contributed by atoms with Crippen LogP contribution in [0.3, 0.4) is 0 Å². The number of carbonyl (C=O) groups excluding carboxylic acids is 2. The summed E-state index contributed by atoms with van der Waals surface area (Å²) < 4.78 is 38.6. The van der Waals surface area contributed by atoms with E-state index in [9.17, 15) is 18.0 Å². The minimum absolute atomic E-state index is 0.0202. The van der Waals surface area contributed by atoms with Crippen LogP contribution >= 0.6 is 0 Å². The van der Waals surface area contributed by atoms with Crippen molar-refractivity contribution in [3.8, 4) is 5.75 Å². The van der Waals surface area contributed by atoms with Crippen LogP contribution in [0, 0.1) is 0 Å². The van der Waals surface area contributed by atoms with Gasteiger partial charge in [0.05, 0.1) is 10.5 Å². The van der Waals surface area contributed by atoms with Gasteiger partial charge in [0.15, 0.2) is 6.61 Å². The van der Waals surface area contributed by atoms with Crippen LogP contribution in [0.2, 0.25) is 0 Å². The molecule has 0 aliphatic rings. The first-order valence-corrected chi connectivity index (χ1v) is 11.7. The Hall–Kier alpha value is -3.85. The summed E-state index contributed by atoms with van der Waals surface area (Å²) in [6.07, 6.45) is 0. The van der Waals surface area contributed by atoms with Crippen LogP contribution in [-0.4, -0.2) is 33.4 Å². The van der Waals surface area contributed by atoms with Crippen LogP contribution in [0.5, 0.6) is 5.75 Å². The van der Waals surface area contributed by atoms with Gasteiger partial charge in [-0.1, -0.05) is 36.4 Å². The summed E-state index contributed by atoms with van der Waals surface area (Å²) in [5.74, 6) is -0.635. The predicted molar refractivity (Wildman–Crippen MR) is 123 cm³/mol. The number of benzene rings is 3. The van der Waals surface area contributed by atoms with Crippen molar-refractivity contribution < 1.29 is 27.5 Å². The number of hydrogen-bond acceptors (Lipinski definition) is 6. The Kier molecular flexibility index (Phi) is 8.04.